The first-order valence-corrected chi connectivity index (χ1v) is 8.41. The summed E-state index contributed by atoms with van der Waals surface area (Å²) in [5.41, 5.74) is 1.67. The molecule has 0 unspecified atom stereocenters. The van der Waals surface area contributed by atoms with Crippen molar-refractivity contribution in [1.29, 1.82) is 0 Å². The molecule has 1 N–H and O–H groups in total. The highest BCUT2D eigenvalue weighted by molar-refractivity contribution is 5.67. The second-order valence-corrected chi connectivity index (χ2v) is 5.45. The van der Waals surface area contributed by atoms with Crippen LogP contribution in [0.4, 0.5) is 4.79 Å². The van der Waals surface area contributed by atoms with Crippen molar-refractivity contribution >= 4 is 6.09 Å². The Morgan fingerprint density at radius 3 is 2.26 bits per heavy atom. The molecule has 0 aromatic heterocycles. The summed E-state index contributed by atoms with van der Waals surface area (Å²) in [6.07, 6.45) is 0.0188. The number of hydrogen-bond donors (Lipinski definition) is 1. The molecule has 0 fully saturated rings. The number of benzene rings is 2. The highest BCUT2D eigenvalue weighted by Crippen LogP contribution is 2.37. The number of rotatable bonds is 7. The molecule has 0 heterocycles. The van der Waals surface area contributed by atoms with Crippen LogP contribution in [-0.4, -0.2) is 34.0 Å². The van der Waals surface area contributed by atoms with Gasteiger partial charge in [0.05, 0.1) is 21.3 Å². The summed E-state index contributed by atoms with van der Waals surface area (Å²) in [7, 11) is 4.66. The van der Waals surface area contributed by atoms with Crippen LogP contribution in [0, 0.1) is 11.8 Å². The summed E-state index contributed by atoms with van der Waals surface area (Å²) in [5, 5.41) is 2.67. The van der Waals surface area contributed by atoms with Crippen LogP contribution in [0.15, 0.2) is 42.5 Å². The first-order valence-electron chi connectivity index (χ1n) is 8.41. The summed E-state index contributed by atoms with van der Waals surface area (Å²) in [5.74, 6) is 7.63. The number of carbonyl (C=O) groups is 1. The third-order valence-corrected chi connectivity index (χ3v) is 3.63. The van der Waals surface area contributed by atoms with Crippen LogP contribution in [0.25, 0.3) is 0 Å². The predicted molar refractivity (Wildman–Crippen MR) is 102 cm³/mol. The predicted octanol–water partition coefficient (Wildman–Crippen LogP) is 3.38. The second kappa shape index (κ2) is 10.6. The summed E-state index contributed by atoms with van der Waals surface area (Å²) >= 11 is 0. The van der Waals surface area contributed by atoms with Crippen LogP contribution >= 0.6 is 0 Å². The van der Waals surface area contributed by atoms with Crippen molar-refractivity contribution in [1.82, 2.24) is 5.32 Å². The van der Waals surface area contributed by atoms with Gasteiger partial charge in [-0.3, -0.25) is 0 Å². The van der Waals surface area contributed by atoms with Crippen LogP contribution in [-0.2, 0) is 11.3 Å². The molecule has 0 atom stereocenters. The lowest BCUT2D eigenvalue weighted by Gasteiger charge is -2.12. The molecule has 0 spiro atoms. The molecule has 0 saturated carbocycles. The molecule has 2 aromatic rings. The maximum Gasteiger partial charge on any atom is 0.407 e. The number of hydrogen-bond acceptors (Lipinski definition) is 5. The number of methoxy groups -OCH3 is 3. The zero-order valence-corrected chi connectivity index (χ0v) is 15.7. The van der Waals surface area contributed by atoms with Crippen LogP contribution in [0.5, 0.6) is 17.2 Å². The zero-order valence-electron chi connectivity index (χ0n) is 15.7. The van der Waals surface area contributed by atoms with Gasteiger partial charge >= 0.3 is 6.09 Å². The van der Waals surface area contributed by atoms with E-state index >= 15 is 0 Å². The molecule has 0 aliphatic heterocycles. The summed E-state index contributed by atoms with van der Waals surface area (Å²) in [6, 6.07) is 13.1. The lowest BCUT2D eigenvalue weighted by atomic mass is 10.2. The normalized spacial score (nSPS) is 9.59. The van der Waals surface area contributed by atoms with E-state index in [4.69, 9.17) is 18.9 Å². The topological polar surface area (TPSA) is 66.0 Å². The minimum atomic E-state index is -0.464. The summed E-state index contributed by atoms with van der Waals surface area (Å²) < 4.78 is 21.0. The average Bonchev–Trinajstić information content (AvgIpc) is 2.71. The van der Waals surface area contributed by atoms with Gasteiger partial charge in [-0.2, -0.15) is 0 Å². The van der Waals surface area contributed by atoms with Crippen molar-refractivity contribution < 1.29 is 23.7 Å². The number of carbonyl (C=O) groups excluding carboxylic acids is 1. The number of nitrogens with one attached hydrogen (secondary N) is 1. The van der Waals surface area contributed by atoms with Gasteiger partial charge in [0, 0.05) is 18.5 Å². The van der Waals surface area contributed by atoms with Gasteiger partial charge in [0.25, 0.3) is 0 Å². The van der Waals surface area contributed by atoms with E-state index < -0.39 is 6.09 Å². The molecule has 6 nitrogen and oxygen atoms in total. The van der Waals surface area contributed by atoms with E-state index in [1.807, 2.05) is 30.3 Å². The van der Waals surface area contributed by atoms with Crippen molar-refractivity contribution in [3.05, 3.63) is 53.6 Å². The third kappa shape index (κ3) is 6.15. The van der Waals surface area contributed by atoms with E-state index in [0.717, 1.165) is 11.1 Å². The smallest absolute Gasteiger partial charge is 0.407 e. The first kappa shape index (κ1) is 20.0. The fourth-order valence-corrected chi connectivity index (χ4v) is 2.32. The van der Waals surface area contributed by atoms with Gasteiger partial charge in [0.2, 0.25) is 5.75 Å². The van der Waals surface area contributed by atoms with Crippen LogP contribution in [0.2, 0.25) is 0 Å². The van der Waals surface area contributed by atoms with Gasteiger partial charge in [0.15, 0.2) is 11.5 Å². The molecule has 27 heavy (non-hydrogen) atoms. The van der Waals surface area contributed by atoms with E-state index in [1.54, 1.807) is 33.5 Å². The standard InChI is InChI=1S/C21H23NO5/c1-24-18-13-17(14-19(25-2)20(18)26-3)11-7-8-12-22-21(23)27-15-16-9-5-4-6-10-16/h4-6,9-10,13-14H,8,12,15H2,1-3H3,(H,22,23). The Hall–Kier alpha value is -3.33. The van der Waals surface area contributed by atoms with Gasteiger partial charge in [-0.05, 0) is 17.7 Å². The number of amides is 1. The Balaban J connectivity index is 1.82. The second-order valence-electron chi connectivity index (χ2n) is 5.45. The van der Waals surface area contributed by atoms with Crippen molar-refractivity contribution in [2.75, 3.05) is 27.9 Å². The van der Waals surface area contributed by atoms with Gasteiger partial charge in [-0.25, -0.2) is 4.79 Å². The van der Waals surface area contributed by atoms with E-state index in [0.29, 0.717) is 30.2 Å². The maximum atomic E-state index is 11.7. The van der Waals surface area contributed by atoms with Crippen molar-refractivity contribution in [3.63, 3.8) is 0 Å². The quantitative estimate of drug-likeness (QED) is 0.599. The molecule has 0 bridgehead atoms. The molecule has 1 amide bonds. The van der Waals surface area contributed by atoms with E-state index in [9.17, 15) is 4.79 Å². The van der Waals surface area contributed by atoms with Gasteiger partial charge < -0.3 is 24.3 Å². The minimum Gasteiger partial charge on any atom is -0.493 e. The first-order chi connectivity index (χ1) is 13.2. The van der Waals surface area contributed by atoms with Crippen molar-refractivity contribution in [2.24, 2.45) is 0 Å². The largest absolute Gasteiger partial charge is 0.493 e. The Morgan fingerprint density at radius 2 is 1.67 bits per heavy atom. The van der Waals surface area contributed by atoms with Crippen molar-refractivity contribution in [2.45, 2.75) is 13.0 Å². The molecule has 2 aromatic carbocycles. The molecular weight excluding hydrogens is 346 g/mol. The average molecular weight is 369 g/mol. The monoisotopic (exact) mass is 369 g/mol. The highest BCUT2D eigenvalue weighted by atomic mass is 16.5. The Morgan fingerprint density at radius 1 is 1.00 bits per heavy atom. The number of alkyl carbamates (subject to hydrolysis) is 1. The molecule has 0 aliphatic carbocycles. The molecule has 0 aliphatic rings. The molecular formula is C21H23NO5. The zero-order chi connectivity index (χ0) is 19.5. The van der Waals surface area contributed by atoms with Gasteiger partial charge in [-0.1, -0.05) is 42.2 Å². The molecule has 0 radical (unpaired) electrons. The van der Waals surface area contributed by atoms with E-state index in [1.165, 1.54) is 0 Å². The summed E-state index contributed by atoms with van der Waals surface area (Å²) in [4.78, 5) is 11.7. The fraction of sp³-hybridized carbons (Fsp3) is 0.286. The lowest BCUT2D eigenvalue weighted by Crippen LogP contribution is -2.24. The molecule has 0 saturated heterocycles. The third-order valence-electron chi connectivity index (χ3n) is 3.63. The van der Waals surface area contributed by atoms with Crippen LogP contribution < -0.4 is 19.5 Å². The van der Waals surface area contributed by atoms with Crippen molar-refractivity contribution in [3.8, 4) is 29.1 Å². The molecule has 142 valence electrons. The SMILES string of the molecule is COc1cc(C#CCCNC(=O)OCc2ccccc2)cc(OC)c1OC. The summed E-state index contributed by atoms with van der Waals surface area (Å²) in [6.45, 7) is 0.634. The van der Waals surface area contributed by atoms with E-state index in [-0.39, 0.29) is 6.61 Å². The molecule has 6 heteroatoms. The van der Waals surface area contributed by atoms with Gasteiger partial charge in [0.1, 0.15) is 6.61 Å². The fourth-order valence-electron chi connectivity index (χ4n) is 2.32. The lowest BCUT2D eigenvalue weighted by molar-refractivity contribution is 0.140. The van der Waals surface area contributed by atoms with Crippen LogP contribution in [0.1, 0.15) is 17.5 Å². The maximum absolute atomic E-state index is 11.7. The van der Waals surface area contributed by atoms with Crippen LogP contribution in [0.3, 0.4) is 0 Å². The Kier molecular flexibility index (Phi) is 7.86. The Bertz CT molecular complexity index is 783. The van der Waals surface area contributed by atoms with Gasteiger partial charge in [-0.15, -0.1) is 0 Å². The highest BCUT2D eigenvalue weighted by Gasteiger charge is 2.12. The molecule has 2 rings (SSSR count). The number of ether oxygens (including phenoxy) is 4. The van der Waals surface area contributed by atoms with E-state index in [2.05, 4.69) is 17.2 Å². The minimum absolute atomic E-state index is 0.240. The Labute approximate surface area is 159 Å².